The smallest absolute Gasteiger partial charge is 0.321 e. The van der Waals surface area contributed by atoms with Gasteiger partial charge in [-0.3, -0.25) is 9.69 Å². The van der Waals surface area contributed by atoms with Crippen LogP contribution in [0.15, 0.2) is 28.7 Å². The second kappa shape index (κ2) is 7.42. The Bertz CT molecular complexity index is 516. The summed E-state index contributed by atoms with van der Waals surface area (Å²) in [5.74, 6) is -0.787. The van der Waals surface area contributed by atoms with Gasteiger partial charge >= 0.3 is 12.0 Å². The van der Waals surface area contributed by atoms with Crippen molar-refractivity contribution in [2.45, 2.75) is 6.42 Å². The molecular formula is C14H18BrN3O3. The third-order valence-corrected chi connectivity index (χ3v) is 3.87. The van der Waals surface area contributed by atoms with Crippen LogP contribution in [0.4, 0.5) is 10.5 Å². The lowest BCUT2D eigenvalue weighted by Crippen LogP contribution is -2.50. The van der Waals surface area contributed by atoms with Gasteiger partial charge in [-0.25, -0.2) is 4.79 Å². The topological polar surface area (TPSA) is 72.9 Å². The van der Waals surface area contributed by atoms with Crippen molar-refractivity contribution in [2.75, 3.05) is 38.0 Å². The van der Waals surface area contributed by atoms with Gasteiger partial charge in [0.05, 0.1) is 6.42 Å². The number of carboxylic acid groups (broad SMARTS) is 1. The minimum atomic E-state index is -0.787. The first-order chi connectivity index (χ1) is 10.0. The Labute approximate surface area is 131 Å². The molecule has 1 saturated heterocycles. The molecule has 0 bridgehead atoms. The average molecular weight is 356 g/mol. The molecule has 0 spiro atoms. The summed E-state index contributed by atoms with van der Waals surface area (Å²) in [6, 6.07) is 7.33. The first-order valence-electron chi connectivity index (χ1n) is 6.80. The van der Waals surface area contributed by atoms with Gasteiger partial charge in [0, 0.05) is 42.9 Å². The molecule has 6 nitrogen and oxygen atoms in total. The Morgan fingerprint density at radius 1 is 1.24 bits per heavy atom. The van der Waals surface area contributed by atoms with Gasteiger partial charge in [0.1, 0.15) is 0 Å². The lowest BCUT2D eigenvalue weighted by atomic mass is 10.3. The number of urea groups is 1. The number of hydrogen-bond donors (Lipinski definition) is 2. The largest absolute Gasteiger partial charge is 0.481 e. The van der Waals surface area contributed by atoms with Crippen molar-refractivity contribution in [3.05, 3.63) is 28.7 Å². The number of aliphatic carboxylic acids is 1. The standard InChI is InChI=1S/C14H18BrN3O3/c15-11-2-1-3-12(10-11)16-14(21)18-8-6-17(7-9-18)5-4-13(19)20/h1-3,10H,4-9H2,(H,16,21)(H,19,20). The van der Waals surface area contributed by atoms with Crippen molar-refractivity contribution in [3.63, 3.8) is 0 Å². The fraction of sp³-hybridized carbons (Fsp3) is 0.429. The van der Waals surface area contributed by atoms with Gasteiger partial charge in [-0.15, -0.1) is 0 Å². The minimum Gasteiger partial charge on any atom is -0.481 e. The number of carbonyl (C=O) groups excluding carboxylic acids is 1. The number of amides is 2. The molecular weight excluding hydrogens is 338 g/mol. The number of nitrogens with one attached hydrogen (secondary N) is 1. The SMILES string of the molecule is O=C(O)CCN1CCN(C(=O)Nc2cccc(Br)c2)CC1. The summed E-state index contributed by atoms with van der Waals surface area (Å²) in [6.45, 7) is 3.17. The van der Waals surface area contributed by atoms with Gasteiger partial charge in [0.15, 0.2) is 0 Å². The van der Waals surface area contributed by atoms with E-state index in [1.165, 1.54) is 0 Å². The van der Waals surface area contributed by atoms with E-state index in [0.717, 1.165) is 10.2 Å². The fourth-order valence-electron chi connectivity index (χ4n) is 2.20. The van der Waals surface area contributed by atoms with Gasteiger partial charge in [-0.1, -0.05) is 22.0 Å². The molecule has 2 amide bonds. The molecule has 0 saturated carbocycles. The van der Waals surface area contributed by atoms with Crippen molar-refractivity contribution >= 4 is 33.6 Å². The number of carboxylic acids is 1. The van der Waals surface area contributed by atoms with Crippen LogP contribution in [0.25, 0.3) is 0 Å². The van der Waals surface area contributed by atoms with Gasteiger partial charge in [0.2, 0.25) is 0 Å². The lowest BCUT2D eigenvalue weighted by Gasteiger charge is -2.34. The summed E-state index contributed by atoms with van der Waals surface area (Å²) in [7, 11) is 0. The molecule has 0 unspecified atom stereocenters. The Kier molecular flexibility index (Phi) is 5.58. The molecule has 2 rings (SSSR count). The zero-order valence-corrected chi connectivity index (χ0v) is 13.2. The quantitative estimate of drug-likeness (QED) is 0.867. The van der Waals surface area contributed by atoms with E-state index in [2.05, 4.69) is 26.1 Å². The fourth-order valence-corrected chi connectivity index (χ4v) is 2.60. The summed E-state index contributed by atoms with van der Waals surface area (Å²) in [5, 5.41) is 11.5. The summed E-state index contributed by atoms with van der Waals surface area (Å²) >= 11 is 3.37. The van der Waals surface area contributed by atoms with Gasteiger partial charge in [-0.2, -0.15) is 0 Å². The molecule has 114 valence electrons. The molecule has 0 aliphatic carbocycles. The Hall–Kier alpha value is -1.60. The number of hydrogen-bond acceptors (Lipinski definition) is 3. The van der Waals surface area contributed by atoms with Crippen LogP contribution in [0.3, 0.4) is 0 Å². The van der Waals surface area contributed by atoms with Crippen LogP contribution >= 0.6 is 15.9 Å². The molecule has 2 N–H and O–H groups in total. The van der Waals surface area contributed by atoms with E-state index in [4.69, 9.17) is 5.11 Å². The number of benzene rings is 1. The predicted molar refractivity (Wildman–Crippen MR) is 83.4 cm³/mol. The van der Waals surface area contributed by atoms with E-state index in [1.807, 2.05) is 24.3 Å². The minimum absolute atomic E-state index is 0.119. The maximum absolute atomic E-state index is 12.1. The molecule has 7 heteroatoms. The van der Waals surface area contributed by atoms with E-state index in [1.54, 1.807) is 4.90 Å². The summed E-state index contributed by atoms with van der Waals surface area (Å²) in [5.41, 5.74) is 0.752. The molecule has 21 heavy (non-hydrogen) atoms. The molecule has 1 aromatic rings. The molecule has 1 heterocycles. The molecule has 1 aliphatic heterocycles. The summed E-state index contributed by atoms with van der Waals surface area (Å²) in [6.07, 6.45) is 0.143. The van der Waals surface area contributed by atoms with E-state index >= 15 is 0 Å². The number of nitrogens with zero attached hydrogens (tertiary/aromatic N) is 2. The van der Waals surface area contributed by atoms with Crippen molar-refractivity contribution in [2.24, 2.45) is 0 Å². The monoisotopic (exact) mass is 355 g/mol. The van der Waals surface area contributed by atoms with Crippen LogP contribution in [0.5, 0.6) is 0 Å². The zero-order valence-electron chi connectivity index (χ0n) is 11.6. The van der Waals surface area contributed by atoms with Crippen molar-refractivity contribution in [1.82, 2.24) is 9.80 Å². The highest BCUT2D eigenvalue weighted by Crippen LogP contribution is 2.16. The van der Waals surface area contributed by atoms with Crippen LogP contribution in [-0.4, -0.2) is 59.6 Å². The first kappa shape index (κ1) is 15.8. The van der Waals surface area contributed by atoms with Crippen LogP contribution in [0.2, 0.25) is 0 Å². The van der Waals surface area contributed by atoms with E-state index in [-0.39, 0.29) is 12.5 Å². The number of piperazine rings is 1. The second-order valence-corrected chi connectivity index (χ2v) is 5.83. The molecule has 1 fully saturated rings. The number of halogens is 1. The molecule has 0 atom stereocenters. The van der Waals surface area contributed by atoms with E-state index < -0.39 is 5.97 Å². The van der Waals surface area contributed by atoms with Gasteiger partial charge in [0.25, 0.3) is 0 Å². The van der Waals surface area contributed by atoms with Crippen LogP contribution in [0.1, 0.15) is 6.42 Å². The Morgan fingerprint density at radius 2 is 1.95 bits per heavy atom. The van der Waals surface area contributed by atoms with Crippen LogP contribution in [-0.2, 0) is 4.79 Å². The second-order valence-electron chi connectivity index (χ2n) is 4.91. The molecule has 1 aliphatic rings. The normalized spacial score (nSPS) is 15.8. The van der Waals surface area contributed by atoms with Gasteiger partial charge in [-0.05, 0) is 18.2 Å². The predicted octanol–water partition coefficient (Wildman–Crippen LogP) is 2.07. The van der Waals surface area contributed by atoms with Gasteiger partial charge < -0.3 is 15.3 Å². The summed E-state index contributed by atoms with van der Waals surface area (Å²) in [4.78, 5) is 26.5. The van der Waals surface area contributed by atoms with Crippen LogP contribution in [0, 0.1) is 0 Å². The van der Waals surface area contributed by atoms with Crippen LogP contribution < -0.4 is 5.32 Å². The summed E-state index contributed by atoms with van der Waals surface area (Å²) < 4.78 is 0.916. The van der Waals surface area contributed by atoms with E-state index in [9.17, 15) is 9.59 Å². The first-order valence-corrected chi connectivity index (χ1v) is 7.59. The molecule has 1 aromatic carbocycles. The van der Waals surface area contributed by atoms with E-state index in [0.29, 0.717) is 32.7 Å². The van der Waals surface area contributed by atoms with Crippen molar-refractivity contribution < 1.29 is 14.7 Å². The lowest BCUT2D eigenvalue weighted by molar-refractivity contribution is -0.137. The Morgan fingerprint density at radius 3 is 2.57 bits per heavy atom. The third kappa shape index (κ3) is 5.02. The molecule has 0 aromatic heterocycles. The maximum atomic E-state index is 12.1. The van der Waals surface area contributed by atoms with Crippen molar-refractivity contribution in [3.8, 4) is 0 Å². The molecule has 0 radical (unpaired) electrons. The third-order valence-electron chi connectivity index (χ3n) is 3.38. The highest BCUT2D eigenvalue weighted by atomic mass is 79.9. The van der Waals surface area contributed by atoms with Crippen molar-refractivity contribution in [1.29, 1.82) is 0 Å². The zero-order chi connectivity index (χ0) is 15.2. The highest BCUT2D eigenvalue weighted by molar-refractivity contribution is 9.10. The Balaban J connectivity index is 1.79. The average Bonchev–Trinajstić information content (AvgIpc) is 2.45. The number of anilines is 1. The maximum Gasteiger partial charge on any atom is 0.321 e. The number of carbonyl (C=O) groups is 2. The number of rotatable bonds is 4. The highest BCUT2D eigenvalue weighted by Gasteiger charge is 2.21.